The zero-order valence-corrected chi connectivity index (χ0v) is 14.1. The molecule has 3 aromatic rings. The molecule has 0 unspecified atom stereocenters. The van der Waals surface area contributed by atoms with Crippen molar-refractivity contribution in [3.8, 4) is 11.4 Å². The van der Waals surface area contributed by atoms with E-state index in [0.29, 0.717) is 29.9 Å². The fourth-order valence-corrected chi connectivity index (χ4v) is 2.94. The molecule has 26 heavy (non-hydrogen) atoms. The average Bonchev–Trinajstić information content (AvgIpc) is 3.07. The van der Waals surface area contributed by atoms with E-state index in [0.717, 1.165) is 16.8 Å². The molecule has 2 amide bonds. The fraction of sp³-hybridized carbons (Fsp3) is 0.167. The van der Waals surface area contributed by atoms with Crippen molar-refractivity contribution < 1.29 is 9.59 Å². The van der Waals surface area contributed by atoms with Crippen molar-refractivity contribution in [1.82, 2.24) is 20.2 Å². The minimum absolute atomic E-state index is 0.00443. The van der Waals surface area contributed by atoms with Gasteiger partial charge in [0.1, 0.15) is 0 Å². The highest BCUT2D eigenvalue weighted by atomic mass is 16.2. The fourth-order valence-electron chi connectivity index (χ4n) is 2.94. The Hall–Kier alpha value is -3.55. The number of aromatic nitrogens is 4. The van der Waals surface area contributed by atoms with Crippen molar-refractivity contribution in [2.75, 3.05) is 10.6 Å². The summed E-state index contributed by atoms with van der Waals surface area (Å²) >= 11 is 0. The van der Waals surface area contributed by atoms with Crippen LogP contribution in [0.2, 0.25) is 0 Å². The maximum Gasteiger partial charge on any atom is 0.255 e. The van der Waals surface area contributed by atoms with E-state index in [1.807, 2.05) is 30.3 Å². The smallest absolute Gasteiger partial charge is 0.255 e. The first-order chi connectivity index (χ1) is 12.6. The normalized spacial score (nSPS) is 13.0. The molecular weight excluding hydrogens is 332 g/mol. The molecule has 0 spiro atoms. The van der Waals surface area contributed by atoms with E-state index in [1.54, 1.807) is 23.9 Å². The Morgan fingerprint density at radius 2 is 2.08 bits per heavy atom. The summed E-state index contributed by atoms with van der Waals surface area (Å²) in [4.78, 5) is 24.0. The molecule has 0 atom stereocenters. The zero-order valence-electron chi connectivity index (χ0n) is 14.1. The van der Waals surface area contributed by atoms with Crippen molar-refractivity contribution in [3.63, 3.8) is 0 Å². The van der Waals surface area contributed by atoms with Gasteiger partial charge in [0, 0.05) is 36.0 Å². The number of hydrogen-bond donors (Lipinski definition) is 2. The topological polar surface area (TPSA) is 102 Å². The number of carbonyl (C=O) groups excluding carboxylic acids is 2. The minimum atomic E-state index is -0.210. The second-order valence-corrected chi connectivity index (χ2v) is 6.08. The number of anilines is 2. The van der Waals surface area contributed by atoms with Crippen LogP contribution in [0.25, 0.3) is 11.4 Å². The summed E-state index contributed by atoms with van der Waals surface area (Å²) in [5.41, 5.74) is 3.75. The second-order valence-electron chi connectivity index (χ2n) is 6.08. The lowest BCUT2D eigenvalue weighted by Gasteiger charge is -2.17. The van der Waals surface area contributed by atoms with E-state index in [9.17, 15) is 9.59 Å². The minimum Gasteiger partial charge on any atom is -0.326 e. The van der Waals surface area contributed by atoms with Crippen molar-refractivity contribution in [3.05, 3.63) is 53.6 Å². The molecule has 0 saturated heterocycles. The van der Waals surface area contributed by atoms with Gasteiger partial charge in [0.15, 0.2) is 5.82 Å². The van der Waals surface area contributed by atoms with Gasteiger partial charge < -0.3 is 10.6 Å². The summed E-state index contributed by atoms with van der Waals surface area (Å²) < 4.78 is 1.57. The van der Waals surface area contributed by atoms with Gasteiger partial charge in [-0.3, -0.25) is 9.59 Å². The number of nitrogens with one attached hydrogen (secondary N) is 2. The van der Waals surface area contributed by atoms with E-state index in [1.165, 1.54) is 0 Å². The Balaban J connectivity index is 1.55. The molecule has 0 bridgehead atoms. The SMILES string of the molecule is Cn1nnnc1-c1cccc(NC(=O)c2ccc3c(c2)CCC(=O)N3)c1. The first-order valence-electron chi connectivity index (χ1n) is 8.17. The Bertz CT molecular complexity index is 1010. The largest absolute Gasteiger partial charge is 0.326 e. The van der Waals surface area contributed by atoms with Crippen LogP contribution in [0, 0.1) is 0 Å². The van der Waals surface area contributed by atoms with E-state index < -0.39 is 0 Å². The summed E-state index contributed by atoms with van der Waals surface area (Å²) in [5, 5.41) is 17.1. The summed E-state index contributed by atoms with van der Waals surface area (Å²) in [6, 6.07) is 12.6. The molecule has 1 aliphatic rings. The summed E-state index contributed by atoms with van der Waals surface area (Å²) in [6.07, 6.45) is 1.07. The van der Waals surface area contributed by atoms with Crippen LogP contribution >= 0.6 is 0 Å². The quantitative estimate of drug-likeness (QED) is 0.754. The third-order valence-electron chi connectivity index (χ3n) is 4.26. The lowest BCUT2D eigenvalue weighted by molar-refractivity contribution is -0.116. The van der Waals surface area contributed by atoms with Gasteiger partial charge in [0.25, 0.3) is 5.91 Å². The average molecular weight is 348 g/mol. The van der Waals surface area contributed by atoms with E-state index in [2.05, 4.69) is 26.2 Å². The molecule has 2 N–H and O–H groups in total. The highest BCUT2D eigenvalue weighted by Crippen LogP contribution is 2.25. The van der Waals surface area contributed by atoms with Crippen LogP contribution in [-0.4, -0.2) is 32.0 Å². The summed E-state index contributed by atoms with van der Waals surface area (Å²) in [5.74, 6) is 0.411. The van der Waals surface area contributed by atoms with Gasteiger partial charge in [-0.15, -0.1) is 5.10 Å². The maximum atomic E-state index is 12.6. The van der Waals surface area contributed by atoms with Gasteiger partial charge in [-0.05, 0) is 52.7 Å². The lowest BCUT2D eigenvalue weighted by atomic mass is 10.00. The standard InChI is InChI=1S/C18H16N6O2/c1-24-17(21-22-23-24)12-3-2-4-14(10-12)19-18(26)13-5-7-15-11(9-13)6-8-16(25)20-15/h2-5,7,9-10H,6,8H2,1H3,(H,19,26)(H,20,25). The van der Waals surface area contributed by atoms with Gasteiger partial charge >= 0.3 is 0 Å². The number of amides is 2. The Kier molecular flexibility index (Phi) is 3.92. The molecule has 2 aromatic carbocycles. The second kappa shape index (κ2) is 6.40. The van der Waals surface area contributed by atoms with Crippen molar-refractivity contribution in [2.24, 2.45) is 7.05 Å². The molecule has 1 aliphatic heterocycles. The predicted octanol–water partition coefficient (Wildman–Crippen LogP) is 2.01. The highest BCUT2D eigenvalue weighted by Gasteiger charge is 2.17. The van der Waals surface area contributed by atoms with Crippen LogP contribution in [0.1, 0.15) is 22.3 Å². The third-order valence-corrected chi connectivity index (χ3v) is 4.26. The highest BCUT2D eigenvalue weighted by molar-refractivity contribution is 6.05. The number of aryl methyl sites for hydroxylation is 2. The molecular formula is C18H16N6O2. The lowest BCUT2D eigenvalue weighted by Crippen LogP contribution is -2.20. The number of fused-ring (bicyclic) bond motifs is 1. The van der Waals surface area contributed by atoms with Crippen LogP contribution in [0.4, 0.5) is 11.4 Å². The van der Waals surface area contributed by atoms with Crippen LogP contribution in [-0.2, 0) is 18.3 Å². The van der Waals surface area contributed by atoms with Crippen LogP contribution in [0.15, 0.2) is 42.5 Å². The third kappa shape index (κ3) is 3.04. The van der Waals surface area contributed by atoms with Gasteiger partial charge in [0.2, 0.25) is 5.91 Å². The van der Waals surface area contributed by atoms with Crippen LogP contribution in [0.5, 0.6) is 0 Å². The number of rotatable bonds is 3. The molecule has 1 aromatic heterocycles. The molecule has 4 rings (SSSR count). The van der Waals surface area contributed by atoms with Gasteiger partial charge in [0.05, 0.1) is 0 Å². The van der Waals surface area contributed by atoms with Gasteiger partial charge in [-0.1, -0.05) is 12.1 Å². The molecule has 0 saturated carbocycles. The molecule has 8 nitrogen and oxygen atoms in total. The monoisotopic (exact) mass is 348 g/mol. The summed E-state index contributed by atoms with van der Waals surface area (Å²) in [7, 11) is 1.76. The number of nitrogens with zero attached hydrogens (tertiary/aromatic N) is 4. The van der Waals surface area contributed by atoms with Gasteiger partial charge in [-0.2, -0.15) is 0 Å². The summed E-state index contributed by atoms with van der Waals surface area (Å²) in [6.45, 7) is 0. The van der Waals surface area contributed by atoms with Gasteiger partial charge in [-0.25, -0.2) is 4.68 Å². The first kappa shape index (κ1) is 15.9. The number of tetrazole rings is 1. The predicted molar refractivity (Wildman–Crippen MR) is 95.6 cm³/mol. The van der Waals surface area contributed by atoms with Crippen molar-refractivity contribution in [2.45, 2.75) is 12.8 Å². The van der Waals surface area contributed by atoms with Crippen LogP contribution < -0.4 is 10.6 Å². The van der Waals surface area contributed by atoms with E-state index in [4.69, 9.17) is 0 Å². The molecule has 0 radical (unpaired) electrons. The molecule has 2 heterocycles. The Labute approximate surface area is 149 Å². The first-order valence-corrected chi connectivity index (χ1v) is 8.17. The van der Waals surface area contributed by atoms with E-state index >= 15 is 0 Å². The number of benzene rings is 2. The molecule has 0 fully saturated rings. The number of hydrogen-bond acceptors (Lipinski definition) is 5. The zero-order chi connectivity index (χ0) is 18.1. The molecule has 130 valence electrons. The Morgan fingerprint density at radius 3 is 2.88 bits per heavy atom. The van der Waals surface area contributed by atoms with Crippen molar-refractivity contribution >= 4 is 23.2 Å². The van der Waals surface area contributed by atoms with E-state index in [-0.39, 0.29) is 11.8 Å². The Morgan fingerprint density at radius 1 is 1.19 bits per heavy atom. The maximum absolute atomic E-state index is 12.6. The number of carbonyl (C=O) groups is 2. The van der Waals surface area contributed by atoms with Crippen LogP contribution in [0.3, 0.4) is 0 Å². The molecule has 8 heteroatoms. The molecule has 0 aliphatic carbocycles. The van der Waals surface area contributed by atoms with Crippen molar-refractivity contribution in [1.29, 1.82) is 0 Å².